The van der Waals surface area contributed by atoms with Crippen molar-refractivity contribution in [2.75, 3.05) is 0 Å². The van der Waals surface area contributed by atoms with E-state index < -0.39 is 10.0 Å². The number of rotatable bonds is 0. The minimum atomic E-state index is -3.34. The molecule has 0 aliphatic carbocycles. The van der Waals surface area contributed by atoms with E-state index in [-0.39, 0.29) is 0 Å². The lowest BCUT2D eigenvalue weighted by atomic mass is 10.3. The fourth-order valence-corrected chi connectivity index (χ4v) is 2.19. The lowest BCUT2D eigenvalue weighted by Crippen LogP contribution is -2.21. The van der Waals surface area contributed by atoms with Crippen molar-refractivity contribution in [1.82, 2.24) is 0 Å². The fraction of sp³-hybridized carbons (Fsp3) is 0.125. The van der Waals surface area contributed by atoms with E-state index in [1.807, 2.05) is 0 Å². The molecule has 0 radical (unpaired) electrons. The quantitative estimate of drug-likeness (QED) is 0.555. The van der Waals surface area contributed by atoms with Gasteiger partial charge in [-0.2, -0.15) is 12.8 Å². The lowest BCUT2D eigenvalue weighted by molar-refractivity contribution is 0.607. The van der Waals surface area contributed by atoms with Crippen LogP contribution in [0.3, 0.4) is 0 Å². The van der Waals surface area contributed by atoms with Gasteiger partial charge in [-0.05, 0) is 13.0 Å². The topological polar surface area (TPSA) is 46.5 Å². The lowest BCUT2D eigenvalue weighted by Gasteiger charge is -1.87. The highest BCUT2D eigenvalue weighted by molar-refractivity contribution is 7.99. The van der Waals surface area contributed by atoms with E-state index in [2.05, 4.69) is 4.40 Å². The number of benzene rings is 1. The maximum absolute atomic E-state index is 11.2. The molecule has 0 saturated carbocycles. The summed E-state index contributed by atoms with van der Waals surface area (Å²) >= 11 is 0. The summed E-state index contributed by atoms with van der Waals surface area (Å²) in [6.45, 7) is 1.57. The van der Waals surface area contributed by atoms with Crippen molar-refractivity contribution in [2.45, 2.75) is 6.92 Å². The first-order chi connectivity index (χ1) is 5.61. The van der Waals surface area contributed by atoms with E-state index in [0.717, 1.165) is 5.22 Å². The van der Waals surface area contributed by atoms with Gasteiger partial charge >= 0.3 is 0 Å². The minimum Gasteiger partial charge on any atom is -0.200 e. The highest BCUT2D eigenvalue weighted by atomic mass is 32.2. The molecule has 1 aliphatic rings. The minimum absolute atomic E-state index is 0.345. The predicted molar refractivity (Wildman–Crippen MR) is 45.2 cm³/mol. The molecule has 0 bridgehead atoms. The van der Waals surface area contributed by atoms with E-state index in [9.17, 15) is 8.42 Å². The molecule has 3 nitrogen and oxygen atoms in total. The number of nitrogens with zero attached hydrogens (tertiary/aromatic N) is 1. The molecule has 1 heterocycles. The number of hydrogen-bond acceptors (Lipinski definition) is 2. The maximum Gasteiger partial charge on any atom is 0.279 e. The smallest absolute Gasteiger partial charge is 0.200 e. The Labute approximate surface area is 70.1 Å². The summed E-state index contributed by atoms with van der Waals surface area (Å²) < 4.78 is 26.0. The number of sulfonamides is 1. The van der Waals surface area contributed by atoms with Crippen molar-refractivity contribution in [3.05, 3.63) is 34.8 Å². The van der Waals surface area contributed by atoms with Crippen LogP contribution in [0, 0.1) is 0 Å². The molecule has 0 saturated heterocycles. The molecule has 1 aromatic rings. The summed E-state index contributed by atoms with van der Waals surface area (Å²) in [5.74, 6) is 0. The summed E-state index contributed by atoms with van der Waals surface area (Å²) in [6, 6.07) is 7.04. The first kappa shape index (κ1) is 7.49. The van der Waals surface area contributed by atoms with Crippen LogP contribution in [0.15, 0.2) is 28.7 Å². The molecular weight excluding hydrogens is 174 g/mol. The van der Waals surface area contributed by atoms with Crippen molar-refractivity contribution >= 4 is 14.9 Å². The van der Waals surface area contributed by atoms with E-state index in [1.165, 1.54) is 0 Å². The Bertz CT molecular complexity index is 543. The van der Waals surface area contributed by atoms with Gasteiger partial charge in [0.15, 0.2) is 0 Å². The van der Waals surface area contributed by atoms with Crippen molar-refractivity contribution in [1.29, 1.82) is 0 Å². The van der Waals surface area contributed by atoms with Gasteiger partial charge in [-0.3, -0.25) is 0 Å². The molecule has 4 heteroatoms. The Morgan fingerprint density at radius 2 is 1.92 bits per heavy atom. The molecule has 62 valence electrons. The molecular formula is C8H7NO2S. The van der Waals surface area contributed by atoms with Crippen LogP contribution in [-0.4, -0.2) is 8.42 Å². The normalized spacial score (nSPS) is 18.6. The second-order valence-electron chi connectivity index (χ2n) is 2.64. The van der Waals surface area contributed by atoms with Crippen LogP contribution in [0.1, 0.15) is 6.92 Å². The largest absolute Gasteiger partial charge is 0.279 e. The first-order valence-electron chi connectivity index (χ1n) is 3.52. The Balaban J connectivity index is 3.10. The first-order valence-corrected chi connectivity index (χ1v) is 4.96. The summed E-state index contributed by atoms with van der Waals surface area (Å²) in [4.78, 5) is 0.345. The molecule has 0 N–H and O–H groups in total. The molecule has 0 fully saturated rings. The average molecular weight is 181 g/mol. The average Bonchev–Trinajstić information content (AvgIpc) is 2.24. The Morgan fingerprint density at radius 1 is 1.25 bits per heavy atom. The van der Waals surface area contributed by atoms with Gasteiger partial charge in [0.05, 0.1) is 10.3 Å². The van der Waals surface area contributed by atoms with Gasteiger partial charge in [0.1, 0.15) is 0 Å². The van der Waals surface area contributed by atoms with Gasteiger partial charge in [-0.1, -0.05) is 18.2 Å². The van der Waals surface area contributed by atoms with Crippen LogP contribution in [0.5, 0.6) is 0 Å². The van der Waals surface area contributed by atoms with E-state index in [1.54, 1.807) is 31.2 Å². The van der Waals surface area contributed by atoms with Gasteiger partial charge in [0.2, 0.25) is 0 Å². The Kier molecular flexibility index (Phi) is 1.35. The molecule has 1 aliphatic heterocycles. The van der Waals surface area contributed by atoms with Crippen LogP contribution < -0.4 is 10.6 Å². The summed E-state index contributed by atoms with van der Waals surface area (Å²) in [5.41, 5.74) is 0. The summed E-state index contributed by atoms with van der Waals surface area (Å²) in [6.07, 6.45) is 0. The molecule has 1 aromatic carbocycles. The van der Waals surface area contributed by atoms with Gasteiger partial charge < -0.3 is 0 Å². The Morgan fingerprint density at radius 3 is 2.58 bits per heavy atom. The zero-order chi connectivity index (χ0) is 8.77. The van der Waals surface area contributed by atoms with Crippen LogP contribution in [-0.2, 0) is 10.0 Å². The van der Waals surface area contributed by atoms with Gasteiger partial charge in [0, 0.05) is 5.22 Å². The standard InChI is InChI=1S/C8H7NO2S/c1-6-7-4-2-3-5-8(7)9-12(6,10)11/h2-5H,1H3. The van der Waals surface area contributed by atoms with Crippen LogP contribution >= 0.6 is 0 Å². The summed E-state index contributed by atoms with van der Waals surface area (Å²) in [7, 11) is -3.34. The zero-order valence-corrected chi connectivity index (χ0v) is 7.30. The van der Waals surface area contributed by atoms with Crippen molar-refractivity contribution < 1.29 is 8.42 Å². The second kappa shape index (κ2) is 2.17. The highest BCUT2D eigenvalue weighted by Gasteiger charge is 2.17. The monoisotopic (exact) mass is 181 g/mol. The van der Waals surface area contributed by atoms with Gasteiger partial charge in [-0.15, -0.1) is 0 Å². The van der Waals surface area contributed by atoms with Gasteiger partial charge in [-0.25, -0.2) is 0 Å². The molecule has 12 heavy (non-hydrogen) atoms. The third-order valence-corrected chi connectivity index (χ3v) is 3.32. The molecule has 0 spiro atoms. The van der Waals surface area contributed by atoms with Crippen LogP contribution in [0.2, 0.25) is 0 Å². The predicted octanol–water partition coefficient (Wildman–Crippen LogP) is -0.222. The maximum atomic E-state index is 11.2. The van der Waals surface area contributed by atoms with Crippen molar-refractivity contribution in [3.8, 4) is 0 Å². The number of hydrogen-bond donors (Lipinski definition) is 0. The third kappa shape index (κ3) is 0.881. The number of fused-ring (bicyclic) bond motifs is 1. The van der Waals surface area contributed by atoms with E-state index in [0.29, 0.717) is 10.3 Å². The van der Waals surface area contributed by atoms with Crippen LogP contribution in [0.4, 0.5) is 0 Å². The summed E-state index contributed by atoms with van der Waals surface area (Å²) in [5, 5.41) is 1.27. The molecule has 0 aromatic heterocycles. The highest BCUT2D eigenvalue weighted by Crippen LogP contribution is 2.08. The molecule has 0 amide bonds. The SMILES string of the molecule is CC1=c2ccccc2=NS1(=O)=O. The molecule has 2 rings (SSSR count). The molecule has 0 atom stereocenters. The van der Waals surface area contributed by atoms with E-state index in [4.69, 9.17) is 0 Å². The van der Waals surface area contributed by atoms with Crippen LogP contribution in [0.25, 0.3) is 4.91 Å². The Hall–Kier alpha value is -1.16. The van der Waals surface area contributed by atoms with E-state index >= 15 is 0 Å². The molecule has 0 unspecified atom stereocenters. The van der Waals surface area contributed by atoms with Crippen molar-refractivity contribution in [2.24, 2.45) is 4.40 Å². The third-order valence-electron chi connectivity index (χ3n) is 1.89. The second-order valence-corrected chi connectivity index (χ2v) is 4.38. The fourth-order valence-electron chi connectivity index (χ4n) is 1.19. The van der Waals surface area contributed by atoms with Gasteiger partial charge in [0.25, 0.3) is 10.0 Å². The van der Waals surface area contributed by atoms with Crippen molar-refractivity contribution in [3.63, 3.8) is 0 Å². The zero-order valence-electron chi connectivity index (χ0n) is 6.48.